The van der Waals surface area contributed by atoms with Crippen LogP contribution in [0.15, 0.2) is 41.2 Å². The number of aromatic nitrogens is 2. The number of aryl methyl sites for hydroxylation is 1. The van der Waals surface area contributed by atoms with Crippen LogP contribution < -0.4 is 5.56 Å². The average Bonchev–Trinajstić information content (AvgIpc) is 2.60. The normalized spacial score (nSPS) is 10.9. The summed E-state index contributed by atoms with van der Waals surface area (Å²) in [6.07, 6.45) is 10.2. The minimum absolute atomic E-state index is 0.0595. The third-order valence-electron chi connectivity index (χ3n) is 4.50. The molecule has 0 amide bonds. The fraction of sp³-hybridized carbons (Fsp3) is 0.524. The highest BCUT2D eigenvalue weighted by Crippen LogP contribution is 2.15. The zero-order valence-electron chi connectivity index (χ0n) is 15.1. The Labute approximate surface area is 145 Å². The summed E-state index contributed by atoms with van der Waals surface area (Å²) in [5.41, 5.74) is 1.83. The van der Waals surface area contributed by atoms with E-state index in [1.165, 1.54) is 44.9 Å². The van der Waals surface area contributed by atoms with E-state index in [9.17, 15) is 4.79 Å². The van der Waals surface area contributed by atoms with E-state index >= 15 is 0 Å². The van der Waals surface area contributed by atoms with Gasteiger partial charge in [-0.1, -0.05) is 82.2 Å². The van der Waals surface area contributed by atoms with E-state index in [1.807, 2.05) is 41.8 Å². The molecule has 24 heavy (non-hydrogen) atoms. The van der Waals surface area contributed by atoms with Crippen molar-refractivity contribution in [3.63, 3.8) is 0 Å². The highest BCUT2D eigenvalue weighted by molar-refractivity contribution is 5.58. The van der Waals surface area contributed by atoms with Gasteiger partial charge in [-0.15, -0.1) is 0 Å². The topological polar surface area (TPSA) is 34.9 Å². The summed E-state index contributed by atoms with van der Waals surface area (Å²) < 4.78 is 1.81. The monoisotopic (exact) mass is 326 g/mol. The largest absolute Gasteiger partial charge is 0.297 e. The molecular weight excluding hydrogens is 296 g/mol. The van der Waals surface area contributed by atoms with Gasteiger partial charge in [-0.05, 0) is 13.3 Å². The summed E-state index contributed by atoms with van der Waals surface area (Å²) in [5, 5.41) is 0. The fourth-order valence-electron chi connectivity index (χ4n) is 3.05. The Bertz CT molecular complexity index is 661. The van der Waals surface area contributed by atoms with Crippen molar-refractivity contribution < 1.29 is 0 Å². The first-order valence-corrected chi connectivity index (χ1v) is 9.36. The summed E-state index contributed by atoms with van der Waals surface area (Å²) in [6.45, 7) is 4.96. The molecule has 0 radical (unpaired) electrons. The first-order valence-electron chi connectivity index (χ1n) is 9.36. The number of nitrogens with zero attached hydrogens (tertiary/aromatic N) is 2. The molecule has 0 unspecified atom stereocenters. The van der Waals surface area contributed by atoms with Crippen molar-refractivity contribution >= 4 is 0 Å². The molecule has 0 saturated carbocycles. The van der Waals surface area contributed by atoms with Gasteiger partial charge in [0.25, 0.3) is 5.56 Å². The van der Waals surface area contributed by atoms with E-state index in [2.05, 4.69) is 11.9 Å². The fourth-order valence-corrected chi connectivity index (χ4v) is 3.05. The molecule has 0 aliphatic heterocycles. The van der Waals surface area contributed by atoms with Crippen LogP contribution in [0.2, 0.25) is 0 Å². The van der Waals surface area contributed by atoms with Gasteiger partial charge in [0.05, 0.1) is 5.69 Å². The highest BCUT2D eigenvalue weighted by atomic mass is 16.1. The number of rotatable bonds is 10. The van der Waals surface area contributed by atoms with E-state index in [0.29, 0.717) is 0 Å². The van der Waals surface area contributed by atoms with Gasteiger partial charge >= 0.3 is 0 Å². The van der Waals surface area contributed by atoms with Gasteiger partial charge in [0.15, 0.2) is 0 Å². The quantitative estimate of drug-likeness (QED) is 0.551. The van der Waals surface area contributed by atoms with Crippen LogP contribution in [0.5, 0.6) is 0 Å². The lowest BCUT2D eigenvalue weighted by molar-refractivity contribution is 0.527. The molecule has 1 heterocycles. The molecule has 2 rings (SSSR count). The molecule has 1 aromatic heterocycles. The van der Waals surface area contributed by atoms with Gasteiger partial charge in [0.1, 0.15) is 5.82 Å². The molecule has 0 atom stereocenters. The van der Waals surface area contributed by atoms with Crippen LogP contribution in [0.4, 0.5) is 0 Å². The minimum atomic E-state index is 0.0595. The molecule has 3 heteroatoms. The standard InChI is InChI=1S/C21H30N2O/c1-3-4-5-6-7-8-9-13-16-23-18(2)22-20(17-21(23)24)19-14-11-10-12-15-19/h10-12,14-15,17H,3-9,13,16H2,1-2H3. The molecule has 0 fully saturated rings. The lowest BCUT2D eigenvalue weighted by atomic mass is 10.1. The van der Waals surface area contributed by atoms with Gasteiger partial charge in [-0.2, -0.15) is 0 Å². The Morgan fingerprint density at radius 2 is 1.54 bits per heavy atom. The summed E-state index contributed by atoms with van der Waals surface area (Å²) in [6, 6.07) is 11.6. The SMILES string of the molecule is CCCCCCCCCCn1c(C)nc(-c2ccccc2)cc1=O. The van der Waals surface area contributed by atoms with E-state index in [4.69, 9.17) is 0 Å². The molecule has 130 valence electrons. The van der Waals surface area contributed by atoms with E-state index in [1.54, 1.807) is 6.07 Å². The van der Waals surface area contributed by atoms with Gasteiger partial charge in [-0.3, -0.25) is 9.36 Å². The van der Waals surface area contributed by atoms with Crippen molar-refractivity contribution in [3.05, 3.63) is 52.6 Å². The maximum atomic E-state index is 12.4. The van der Waals surface area contributed by atoms with Gasteiger partial charge in [0.2, 0.25) is 0 Å². The Hall–Kier alpha value is -1.90. The van der Waals surface area contributed by atoms with Crippen molar-refractivity contribution in [1.29, 1.82) is 0 Å². The second-order valence-corrected chi connectivity index (χ2v) is 6.52. The second-order valence-electron chi connectivity index (χ2n) is 6.52. The molecule has 0 aliphatic carbocycles. The second kappa shape index (κ2) is 10.1. The zero-order valence-corrected chi connectivity index (χ0v) is 15.1. The van der Waals surface area contributed by atoms with Crippen molar-refractivity contribution in [3.8, 4) is 11.3 Å². The molecule has 0 N–H and O–H groups in total. The third-order valence-corrected chi connectivity index (χ3v) is 4.50. The molecule has 0 aliphatic rings. The number of benzene rings is 1. The maximum Gasteiger partial charge on any atom is 0.254 e. The molecule has 2 aromatic rings. The Morgan fingerprint density at radius 3 is 2.17 bits per heavy atom. The minimum Gasteiger partial charge on any atom is -0.297 e. The molecule has 3 nitrogen and oxygen atoms in total. The molecule has 0 spiro atoms. The zero-order chi connectivity index (χ0) is 17.2. The van der Waals surface area contributed by atoms with Gasteiger partial charge in [-0.25, -0.2) is 4.98 Å². The van der Waals surface area contributed by atoms with Crippen LogP contribution in [-0.2, 0) is 6.54 Å². The summed E-state index contributed by atoms with van der Waals surface area (Å²) in [4.78, 5) is 17.0. The van der Waals surface area contributed by atoms with Crippen molar-refractivity contribution in [2.45, 2.75) is 71.8 Å². The predicted molar refractivity (Wildman–Crippen MR) is 101 cm³/mol. The third kappa shape index (κ3) is 5.63. The molecular formula is C21H30N2O. The first-order chi connectivity index (χ1) is 11.7. The smallest absolute Gasteiger partial charge is 0.254 e. The van der Waals surface area contributed by atoms with Crippen LogP contribution in [0.25, 0.3) is 11.3 Å². The van der Waals surface area contributed by atoms with Crippen molar-refractivity contribution in [2.24, 2.45) is 0 Å². The molecule has 0 saturated heterocycles. The average molecular weight is 326 g/mol. The summed E-state index contributed by atoms with van der Waals surface area (Å²) in [7, 11) is 0. The molecule has 1 aromatic carbocycles. The lowest BCUT2D eigenvalue weighted by Crippen LogP contribution is -2.23. The number of hydrogen-bond acceptors (Lipinski definition) is 2. The highest BCUT2D eigenvalue weighted by Gasteiger charge is 2.06. The van der Waals surface area contributed by atoms with Gasteiger partial charge < -0.3 is 0 Å². The van der Waals surface area contributed by atoms with Crippen LogP contribution >= 0.6 is 0 Å². The number of unbranched alkanes of at least 4 members (excludes halogenated alkanes) is 7. The van der Waals surface area contributed by atoms with Crippen molar-refractivity contribution in [2.75, 3.05) is 0 Å². The van der Waals surface area contributed by atoms with E-state index in [0.717, 1.165) is 30.0 Å². The first kappa shape index (κ1) is 18.4. The van der Waals surface area contributed by atoms with Crippen LogP contribution in [0.1, 0.15) is 64.1 Å². The van der Waals surface area contributed by atoms with E-state index < -0.39 is 0 Å². The number of hydrogen-bond donors (Lipinski definition) is 0. The summed E-state index contributed by atoms with van der Waals surface area (Å²) in [5.74, 6) is 0.810. The van der Waals surface area contributed by atoms with Crippen LogP contribution in [-0.4, -0.2) is 9.55 Å². The molecule has 0 bridgehead atoms. The lowest BCUT2D eigenvalue weighted by Gasteiger charge is -2.11. The Balaban J connectivity index is 1.85. The Kier molecular flexibility index (Phi) is 7.73. The maximum absolute atomic E-state index is 12.4. The van der Waals surface area contributed by atoms with Gasteiger partial charge in [0, 0.05) is 18.2 Å². The summed E-state index contributed by atoms with van der Waals surface area (Å²) >= 11 is 0. The van der Waals surface area contributed by atoms with E-state index in [-0.39, 0.29) is 5.56 Å². The van der Waals surface area contributed by atoms with Crippen LogP contribution in [0, 0.1) is 6.92 Å². The van der Waals surface area contributed by atoms with Crippen LogP contribution in [0.3, 0.4) is 0 Å². The van der Waals surface area contributed by atoms with Crippen molar-refractivity contribution in [1.82, 2.24) is 9.55 Å². The Morgan fingerprint density at radius 1 is 0.917 bits per heavy atom. The predicted octanol–water partition coefficient (Wildman–Crippen LogP) is 5.36.